The number of aromatic nitrogens is 4. The van der Waals surface area contributed by atoms with Gasteiger partial charge in [0.05, 0.1) is 17.6 Å². The summed E-state index contributed by atoms with van der Waals surface area (Å²) in [7, 11) is 0. The molecule has 3 aromatic rings. The van der Waals surface area contributed by atoms with E-state index in [2.05, 4.69) is 15.1 Å². The Hall–Kier alpha value is -2.41. The lowest BCUT2D eigenvalue weighted by Crippen LogP contribution is -2.10. The first-order chi connectivity index (χ1) is 9.79. The molecule has 0 aliphatic heterocycles. The van der Waals surface area contributed by atoms with E-state index in [0.29, 0.717) is 16.2 Å². The molecule has 7 heteroatoms. The van der Waals surface area contributed by atoms with Crippen molar-refractivity contribution in [2.24, 2.45) is 0 Å². The van der Waals surface area contributed by atoms with E-state index in [4.69, 9.17) is 0 Å². The van der Waals surface area contributed by atoms with Crippen LogP contribution in [0.1, 0.15) is 0 Å². The SMILES string of the molecule is O=CCSc1nc2c(cnn2-c2ccccc2)c(=O)[nH]1. The lowest BCUT2D eigenvalue weighted by atomic mass is 10.3. The summed E-state index contributed by atoms with van der Waals surface area (Å²) >= 11 is 1.18. The molecule has 1 N–H and O–H groups in total. The number of H-pyrrole nitrogens is 1. The van der Waals surface area contributed by atoms with Gasteiger partial charge >= 0.3 is 0 Å². The van der Waals surface area contributed by atoms with Gasteiger partial charge in [0, 0.05) is 0 Å². The number of carbonyl (C=O) groups excluding carboxylic acids is 1. The predicted molar refractivity (Wildman–Crippen MR) is 76.3 cm³/mol. The number of benzene rings is 1. The molecule has 0 saturated carbocycles. The van der Waals surface area contributed by atoms with Crippen LogP contribution in [0.4, 0.5) is 0 Å². The normalized spacial score (nSPS) is 10.8. The minimum atomic E-state index is -0.259. The molecule has 6 nitrogen and oxygen atoms in total. The third-order valence-electron chi connectivity index (χ3n) is 2.71. The second-order valence-electron chi connectivity index (χ2n) is 3.98. The highest BCUT2D eigenvalue weighted by molar-refractivity contribution is 7.99. The second kappa shape index (κ2) is 5.30. The maximum absolute atomic E-state index is 12.0. The molecule has 2 heterocycles. The van der Waals surface area contributed by atoms with Crippen LogP contribution in [0.5, 0.6) is 0 Å². The number of para-hydroxylation sites is 1. The number of rotatable bonds is 4. The van der Waals surface area contributed by atoms with Gasteiger partial charge in [-0.05, 0) is 12.1 Å². The maximum Gasteiger partial charge on any atom is 0.262 e. The van der Waals surface area contributed by atoms with Gasteiger partial charge in [-0.1, -0.05) is 30.0 Å². The van der Waals surface area contributed by atoms with Gasteiger partial charge in [-0.3, -0.25) is 4.79 Å². The van der Waals surface area contributed by atoms with Crippen molar-refractivity contribution in [1.29, 1.82) is 0 Å². The van der Waals surface area contributed by atoms with Crippen LogP contribution in [0.3, 0.4) is 0 Å². The molecule has 100 valence electrons. The van der Waals surface area contributed by atoms with Crippen molar-refractivity contribution in [1.82, 2.24) is 19.7 Å². The number of hydrogen-bond acceptors (Lipinski definition) is 5. The molecular formula is C13H10N4O2S. The molecular weight excluding hydrogens is 276 g/mol. The van der Waals surface area contributed by atoms with Crippen molar-refractivity contribution in [2.45, 2.75) is 5.16 Å². The number of nitrogens with one attached hydrogen (secondary N) is 1. The molecule has 0 fully saturated rings. The highest BCUT2D eigenvalue weighted by Crippen LogP contribution is 2.16. The van der Waals surface area contributed by atoms with Crippen molar-refractivity contribution in [3.8, 4) is 5.69 Å². The van der Waals surface area contributed by atoms with Gasteiger partial charge < -0.3 is 9.78 Å². The summed E-state index contributed by atoms with van der Waals surface area (Å²) in [5.41, 5.74) is 1.05. The number of thioether (sulfide) groups is 1. The molecule has 0 saturated heterocycles. The van der Waals surface area contributed by atoms with Gasteiger partial charge in [-0.25, -0.2) is 9.67 Å². The number of nitrogens with zero attached hydrogens (tertiary/aromatic N) is 3. The molecule has 0 bridgehead atoms. The first-order valence-corrected chi connectivity index (χ1v) is 6.88. The standard InChI is InChI=1S/C13H10N4O2S/c18-6-7-20-13-15-11-10(12(19)16-13)8-14-17(11)9-4-2-1-3-5-9/h1-6,8H,7H2,(H,15,16,19). The molecule has 1 aromatic carbocycles. The third kappa shape index (κ3) is 2.23. The van der Waals surface area contributed by atoms with Crippen LogP contribution in [-0.4, -0.2) is 31.8 Å². The first kappa shape index (κ1) is 12.6. The number of aromatic amines is 1. The minimum Gasteiger partial charge on any atom is -0.302 e. The van der Waals surface area contributed by atoms with Crippen molar-refractivity contribution in [3.63, 3.8) is 0 Å². The van der Waals surface area contributed by atoms with Crippen LogP contribution in [0.15, 0.2) is 46.5 Å². The quantitative estimate of drug-likeness (QED) is 0.445. The summed E-state index contributed by atoms with van der Waals surface area (Å²) in [6, 6.07) is 9.44. The fourth-order valence-electron chi connectivity index (χ4n) is 1.84. The number of fused-ring (bicyclic) bond motifs is 1. The second-order valence-corrected chi connectivity index (χ2v) is 4.99. The van der Waals surface area contributed by atoms with Gasteiger partial charge in [-0.2, -0.15) is 5.10 Å². The monoisotopic (exact) mass is 286 g/mol. The molecule has 0 aliphatic rings. The van der Waals surface area contributed by atoms with Crippen molar-refractivity contribution in [3.05, 3.63) is 46.9 Å². The molecule has 20 heavy (non-hydrogen) atoms. The van der Waals surface area contributed by atoms with E-state index >= 15 is 0 Å². The van der Waals surface area contributed by atoms with E-state index in [9.17, 15) is 9.59 Å². The fourth-order valence-corrected chi connectivity index (χ4v) is 2.38. The molecule has 0 spiro atoms. The zero-order chi connectivity index (χ0) is 13.9. The average Bonchev–Trinajstić information content (AvgIpc) is 2.90. The van der Waals surface area contributed by atoms with E-state index in [1.54, 1.807) is 4.68 Å². The third-order valence-corrected chi connectivity index (χ3v) is 3.47. The van der Waals surface area contributed by atoms with Crippen LogP contribution in [0, 0.1) is 0 Å². The van der Waals surface area contributed by atoms with E-state index in [1.807, 2.05) is 30.3 Å². The van der Waals surface area contributed by atoms with Gasteiger partial charge in [-0.15, -0.1) is 0 Å². The highest BCUT2D eigenvalue weighted by Gasteiger charge is 2.11. The number of aldehydes is 1. The Kier molecular flexibility index (Phi) is 3.34. The van der Waals surface area contributed by atoms with Crippen molar-refractivity contribution >= 4 is 29.1 Å². The van der Waals surface area contributed by atoms with Crippen molar-refractivity contribution in [2.75, 3.05) is 5.75 Å². The van der Waals surface area contributed by atoms with E-state index in [1.165, 1.54) is 18.0 Å². The van der Waals surface area contributed by atoms with Gasteiger partial charge in [0.25, 0.3) is 5.56 Å². The minimum absolute atomic E-state index is 0.244. The number of hydrogen-bond donors (Lipinski definition) is 1. The van der Waals surface area contributed by atoms with E-state index in [-0.39, 0.29) is 11.3 Å². The van der Waals surface area contributed by atoms with Crippen LogP contribution in [-0.2, 0) is 4.79 Å². The Balaban J connectivity index is 2.17. The molecule has 3 rings (SSSR count). The van der Waals surface area contributed by atoms with E-state index < -0.39 is 0 Å². The van der Waals surface area contributed by atoms with E-state index in [0.717, 1.165) is 12.0 Å². The Morgan fingerprint density at radius 1 is 1.30 bits per heavy atom. The summed E-state index contributed by atoms with van der Waals surface area (Å²) in [6.45, 7) is 0. The molecule has 0 aliphatic carbocycles. The summed E-state index contributed by atoms with van der Waals surface area (Å²) in [5, 5.41) is 5.03. The summed E-state index contributed by atoms with van der Waals surface area (Å²) < 4.78 is 1.61. The Labute approximate surface area is 117 Å². The fraction of sp³-hybridized carbons (Fsp3) is 0.0769. The summed E-state index contributed by atoms with van der Waals surface area (Å²) in [6.07, 6.45) is 2.26. The van der Waals surface area contributed by atoms with Crippen molar-refractivity contribution < 1.29 is 4.79 Å². The van der Waals surface area contributed by atoms with Crippen LogP contribution >= 0.6 is 11.8 Å². The lowest BCUT2D eigenvalue weighted by molar-refractivity contribution is -0.105. The summed E-state index contributed by atoms with van der Waals surface area (Å²) in [4.78, 5) is 29.4. The Morgan fingerprint density at radius 3 is 2.85 bits per heavy atom. The number of carbonyl (C=O) groups is 1. The zero-order valence-electron chi connectivity index (χ0n) is 10.3. The molecule has 0 amide bonds. The largest absolute Gasteiger partial charge is 0.302 e. The Morgan fingerprint density at radius 2 is 2.10 bits per heavy atom. The predicted octanol–water partition coefficient (Wildman–Crippen LogP) is 1.40. The highest BCUT2D eigenvalue weighted by atomic mass is 32.2. The average molecular weight is 286 g/mol. The van der Waals surface area contributed by atoms with Crippen LogP contribution < -0.4 is 5.56 Å². The molecule has 2 aromatic heterocycles. The zero-order valence-corrected chi connectivity index (χ0v) is 11.1. The first-order valence-electron chi connectivity index (χ1n) is 5.89. The maximum atomic E-state index is 12.0. The topological polar surface area (TPSA) is 80.6 Å². The van der Waals surface area contributed by atoms with Gasteiger partial charge in [0.15, 0.2) is 10.8 Å². The summed E-state index contributed by atoms with van der Waals surface area (Å²) in [5.74, 6) is 0.244. The molecule has 0 unspecified atom stereocenters. The van der Waals surface area contributed by atoms with Gasteiger partial charge in [0.2, 0.25) is 0 Å². The molecule has 0 atom stereocenters. The Bertz CT molecular complexity index is 810. The lowest BCUT2D eigenvalue weighted by Gasteiger charge is -2.03. The smallest absolute Gasteiger partial charge is 0.262 e. The molecule has 0 radical (unpaired) electrons. The van der Waals surface area contributed by atoms with Gasteiger partial charge in [0.1, 0.15) is 11.7 Å². The van der Waals surface area contributed by atoms with Crippen LogP contribution in [0.25, 0.3) is 16.7 Å². The van der Waals surface area contributed by atoms with Crippen LogP contribution in [0.2, 0.25) is 0 Å².